The van der Waals surface area contributed by atoms with Crippen LogP contribution in [0.15, 0.2) is 59.5 Å². The molecule has 28 heavy (non-hydrogen) atoms. The average molecular weight is 375 g/mol. The van der Waals surface area contributed by atoms with Crippen LogP contribution in [0, 0.1) is 6.92 Å². The summed E-state index contributed by atoms with van der Waals surface area (Å²) in [5.41, 5.74) is 3.17. The summed E-state index contributed by atoms with van der Waals surface area (Å²) in [7, 11) is 0. The van der Waals surface area contributed by atoms with Crippen LogP contribution in [0.2, 0.25) is 0 Å². The highest BCUT2D eigenvalue weighted by atomic mass is 16.2. The number of aryl methyl sites for hydroxylation is 2. The lowest BCUT2D eigenvalue weighted by atomic mass is 10.1. The number of hydrogen-bond acceptors (Lipinski definition) is 3. The van der Waals surface area contributed by atoms with Gasteiger partial charge >= 0.3 is 0 Å². The van der Waals surface area contributed by atoms with Crippen molar-refractivity contribution in [2.75, 3.05) is 31.1 Å². The molecule has 5 nitrogen and oxygen atoms in total. The third-order valence-electron chi connectivity index (χ3n) is 5.49. The normalized spacial score (nSPS) is 14.5. The monoisotopic (exact) mass is 375 g/mol. The zero-order valence-corrected chi connectivity index (χ0v) is 16.4. The van der Waals surface area contributed by atoms with Crippen LogP contribution in [0.25, 0.3) is 10.9 Å². The second-order valence-corrected chi connectivity index (χ2v) is 7.29. The summed E-state index contributed by atoms with van der Waals surface area (Å²) >= 11 is 0. The number of carbonyl (C=O) groups excluding carboxylic acids is 1. The first-order valence-corrected chi connectivity index (χ1v) is 9.81. The zero-order valence-electron chi connectivity index (χ0n) is 16.4. The van der Waals surface area contributed by atoms with E-state index in [1.54, 1.807) is 11.1 Å². The first-order chi connectivity index (χ1) is 13.6. The number of rotatable bonds is 3. The van der Waals surface area contributed by atoms with E-state index < -0.39 is 0 Å². The highest BCUT2D eigenvalue weighted by molar-refractivity contribution is 5.97. The van der Waals surface area contributed by atoms with Crippen LogP contribution in [0.1, 0.15) is 22.8 Å². The molecule has 0 N–H and O–H groups in total. The number of fused-ring (bicyclic) bond motifs is 1. The fourth-order valence-electron chi connectivity index (χ4n) is 3.90. The second kappa shape index (κ2) is 7.50. The van der Waals surface area contributed by atoms with Crippen LogP contribution in [-0.4, -0.2) is 41.6 Å². The van der Waals surface area contributed by atoms with Gasteiger partial charge in [-0.2, -0.15) is 0 Å². The van der Waals surface area contributed by atoms with E-state index >= 15 is 0 Å². The number of anilines is 1. The van der Waals surface area contributed by atoms with Crippen molar-refractivity contribution in [1.82, 2.24) is 9.47 Å². The number of benzene rings is 2. The molecule has 144 valence electrons. The summed E-state index contributed by atoms with van der Waals surface area (Å²) in [5.74, 6) is -0.164. The number of hydrogen-bond donors (Lipinski definition) is 0. The summed E-state index contributed by atoms with van der Waals surface area (Å²) in [5, 5.41) is 0.621. The van der Waals surface area contributed by atoms with E-state index in [0.29, 0.717) is 25.0 Å². The highest BCUT2D eigenvalue weighted by Gasteiger charge is 2.25. The Hall–Kier alpha value is -3.08. The molecule has 0 unspecified atom stereocenters. The van der Waals surface area contributed by atoms with Crippen molar-refractivity contribution in [2.45, 2.75) is 20.4 Å². The minimum atomic E-state index is -0.168. The van der Waals surface area contributed by atoms with E-state index in [0.717, 1.165) is 24.2 Å². The Labute approximate surface area is 164 Å². The molecule has 1 aliphatic heterocycles. The Morgan fingerprint density at radius 1 is 1.00 bits per heavy atom. The SMILES string of the molecule is CCn1cc(C(=O)N2CCN(c3ccccc3)CC2)c(=O)c2cc(C)ccc21. The van der Waals surface area contributed by atoms with E-state index in [1.165, 1.54) is 5.69 Å². The maximum Gasteiger partial charge on any atom is 0.259 e. The van der Waals surface area contributed by atoms with Gasteiger partial charge in [-0.1, -0.05) is 29.8 Å². The maximum absolute atomic E-state index is 13.2. The Morgan fingerprint density at radius 3 is 2.39 bits per heavy atom. The molecule has 1 aromatic heterocycles. The van der Waals surface area contributed by atoms with Crippen LogP contribution in [0.5, 0.6) is 0 Å². The van der Waals surface area contributed by atoms with Gasteiger partial charge < -0.3 is 14.4 Å². The van der Waals surface area contributed by atoms with E-state index in [4.69, 9.17) is 0 Å². The van der Waals surface area contributed by atoms with Crippen LogP contribution in [0.4, 0.5) is 5.69 Å². The fourth-order valence-corrected chi connectivity index (χ4v) is 3.90. The lowest BCUT2D eigenvalue weighted by Gasteiger charge is -2.36. The van der Waals surface area contributed by atoms with Gasteiger partial charge in [-0.05, 0) is 38.1 Å². The Morgan fingerprint density at radius 2 is 1.71 bits per heavy atom. The molecule has 0 atom stereocenters. The molecule has 3 aromatic rings. The molecule has 0 bridgehead atoms. The standard InChI is InChI=1S/C23H25N3O2/c1-3-24-16-20(22(27)19-15-17(2)9-10-21(19)24)23(28)26-13-11-25(12-14-26)18-7-5-4-6-8-18/h4-10,15-16H,3,11-14H2,1-2H3. The molecule has 0 radical (unpaired) electrons. The third kappa shape index (κ3) is 3.28. The fraction of sp³-hybridized carbons (Fsp3) is 0.304. The number of nitrogens with zero attached hydrogens (tertiary/aromatic N) is 3. The summed E-state index contributed by atoms with van der Waals surface area (Å²) in [6, 6.07) is 16.1. The number of carbonyl (C=O) groups is 1. The number of pyridine rings is 1. The predicted molar refractivity (Wildman–Crippen MR) is 113 cm³/mol. The van der Waals surface area contributed by atoms with Crippen molar-refractivity contribution in [3.8, 4) is 0 Å². The van der Waals surface area contributed by atoms with Crippen molar-refractivity contribution in [3.05, 3.63) is 76.1 Å². The Bertz CT molecular complexity index is 1060. The van der Waals surface area contributed by atoms with E-state index in [1.807, 2.05) is 54.8 Å². The number of piperazine rings is 1. The topological polar surface area (TPSA) is 45.6 Å². The van der Waals surface area contributed by atoms with Gasteiger partial charge in [0.1, 0.15) is 5.56 Å². The Kier molecular flexibility index (Phi) is 4.90. The lowest BCUT2D eigenvalue weighted by Crippen LogP contribution is -2.49. The van der Waals surface area contributed by atoms with Gasteiger partial charge in [0.2, 0.25) is 5.43 Å². The molecule has 1 saturated heterocycles. The summed E-state index contributed by atoms with van der Waals surface area (Å²) in [4.78, 5) is 30.3. The predicted octanol–water partition coefficient (Wildman–Crippen LogP) is 3.29. The van der Waals surface area contributed by atoms with Crippen LogP contribution >= 0.6 is 0 Å². The van der Waals surface area contributed by atoms with Gasteiger partial charge in [-0.3, -0.25) is 9.59 Å². The van der Waals surface area contributed by atoms with Crippen LogP contribution < -0.4 is 10.3 Å². The van der Waals surface area contributed by atoms with Gasteiger partial charge in [0.15, 0.2) is 0 Å². The molecule has 1 aliphatic rings. The molecule has 2 aromatic carbocycles. The average Bonchev–Trinajstić information content (AvgIpc) is 2.74. The minimum Gasteiger partial charge on any atom is -0.368 e. The zero-order chi connectivity index (χ0) is 19.7. The van der Waals surface area contributed by atoms with Gasteiger partial charge in [-0.15, -0.1) is 0 Å². The molecule has 2 heterocycles. The van der Waals surface area contributed by atoms with E-state index in [2.05, 4.69) is 17.0 Å². The molecule has 0 spiro atoms. The molecule has 1 fully saturated rings. The van der Waals surface area contributed by atoms with Crippen molar-refractivity contribution < 1.29 is 4.79 Å². The molecule has 0 aliphatic carbocycles. The van der Waals surface area contributed by atoms with Gasteiger partial charge in [0.05, 0.1) is 5.52 Å². The van der Waals surface area contributed by atoms with Crippen LogP contribution in [0.3, 0.4) is 0 Å². The van der Waals surface area contributed by atoms with Gasteiger partial charge in [0, 0.05) is 50.0 Å². The minimum absolute atomic E-state index is 0.164. The maximum atomic E-state index is 13.2. The lowest BCUT2D eigenvalue weighted by molar-refractivity contribution is 0.0745. The molecule has 4 rings (SSSR count). The van der Waals surface area contributed by atoms with Gasteiger partial charge in [-0.25, -0.2) is 0 Å². The van der Waals surface area contributed by atoms with Crippen molar-refractivity contribution in [1.29, 1.82) is 0 Å². The summed E-state index contributed by atoms with van der Waals surface area (Å²) < 4.78 is 1.99. The van der Waals surface area contributed by atoms with Crippen LogP contribution in [-0.2, 0) is 6.54 Å². The number of para-hydroxylation sites is 1. The molecule has 0 saturated carbocycles. The van der Waals surface area contributed by atoms with Crippen molar-refractivity contribution in [2.24, 2.45) is 0 Å². The number of amides is 1. The van der Waals surface area contributed by atoms with E-state index in [9.17, 15) is 9.59 Å². The quantitative estimate of drug-likeness (QED) is 0.706. The molecular formula is C23H25N3O2. The highest BCUT2D eigenvalue weighted by Crippen LogP contribution is 2.18. The Balaban J connectivity index is 1.61. The number of aromatic nitrogens is 1. The summed E-state index contributed by atoms with van der Waals surface area (Å²) in [6.45, 7) is 7.47. The van der Waals surface area contributed by atoms with Crippen molar-refractivity contribution >= 4 is 22.5 Å². The second-order valence-electron chi connectivity index (χ2n) is 7.29. The largest absolute Gasteiger partial charge is 0.368 e. The summed E-state index contributed by atoms with van der Waals surface area (Å²) in [6.07, 6.45) is 1.73. The molecular weight excluding hydrogens is 350 g/mol. The first kappa shape index (κ1) is 18.3. The van der Waals surface area contributed by atoms with E-state index in [-0.39, 0.29) is 16.9 Å². The third-order valence-corrected chi connectivity index (χ3v) is 5.49. The first-order valence-electron chi connectivity index (χ1n) is 9.81. The smallest absolute Gasteiger partial charge is 0.259 e. The molecule has 5 heteroatoms. The van der Waals surface area contributed by atoms with Crippen molar-refractivity contribution in [3.63, 3.8) is 0 Å². The van der Waals surface area contributed by atoms with Gasteiger partial charge in [0.25, 0.3) is 5.91 Å². The molecule has 1 amide bonds.